The van der Waals surface area contributed by atoms with Gasteiger partial charge in [0.1, 0.15) is 0 Å². The Bertz CT molecular complexity index is 339. The summed E-state index contributed by atoms with van der Waals surface area (Å²) in [4.78, 5) is 22.3. The second kappa shape index (κ2) is 8.14. The Morgan fingerprint density at radius 1 is 1.37 bits per heavy atom. The van der Waals surface area contributed by atoms with Crippen LogP contribution in [0.25, 0.3) is 0 Å². The molecule has 1 aliphatic rings. The smallest absolute Gasteiger partial charge is 0.315 e. The Kier molecular flexibility index (Phi) is 6.83. The van der Waals surface area contributed by atoms with Crippen LogP contribution < -0.4 is 10.6 Å². The molecule has 0 radical (unpaired) electrons. The van der Waals surface area contributed by atoms with Crippen molar-refractivity contribution in [3.8, 4) is 0 Å². The third-order valence-electron chi connectivity index (χ3n) is 3.32. The lowest BCUT2D eigenvalue weighted by molar-refractivity contribution is -0.138. The van der Waals surface area contributed by atoms with Gasteiger partial charge in [0.05, 0.1) is 0 Å². The topological polar surface area (TPSA) is 95.5 Å². The largest absolute Gasteiger partial charge is 0.481 e. The molecular formula is C12H22N2O4S. The highest BCUT2D eigenvalue weighted by Gasteiger charge is 2.20. The zero-order valence-electron chi connectivity index (χ0n) is 11.2. The molecule has 1 unspecified atom stereocenters. The minimum absolute atomic E-state index is 0.0397. The van der Waals surface area contributed by atoms with Gasteiger partial charge >= 0.3 is 12.0 Å². The van der Waals surface area contributed by atoms with Crippen LogP contribution in [0, 0.1) is 5.92 Å². The lowest BCUT2D eigenvalue weighted by atomic mass is 10.0. The maximum atomic E-state index is 11.7. The van der Waals surface area contributed by atoms with E-state index in [1.54, 1.807) is 0 Å². The Hall–Kier alpha value is -1.11. The van der Waals surface area contributed by atoms with E-state index in [2.05, 4.69) is 10.6 Å². The van der Waals surface area contributed by atoms with Gasteiger partial charge in [-0.05, 0) is 18.8 Å². The maximum Gasteiger partial charge on any atom is 0.315 e. The van der Waals surface area contributed by atoms with Crippen LogP contribution in [0.15, 0.2) is 0 Å². The summed E-state index contributed by atoms with van der Waals surface area (Å²) < 4.78 is 11.2. The molecule has 1 fully saturated rings. The molecular weight excluding hydrogens is 268 g/mol. The highest BCUT2D eigenvalue weighted by atomic mass is 32.2. The van der Waals surface area contributed by atoms with Crippen LogP contribution in [0.4, 0.5) is 4.79 Å². The molecule has 0 aromatic carbocycles. The van der Waals surface area contributed by atoms with Gasteiger partial charge in [0.25, 0.3) is 0 Å². The van der Waals surface area contributed by atoms with Crippen LogP contribution in [0.3, 0.4) is 0 Å². The summed E-state index contributed by atoms with van der Waals surface area (Å²) in [6.07, 6.45) is 2.27. The van der Waals surface area contributed by atoms with E-state index in [-0.39, 0.29) is 24.4 Å². The molecule has 110 valence electrons. The van der Waals surface area contributed by atoms with Crippen molar-refractivity contribution < 1.29 is 18.9 Å². The van der Waals surface area contributed by atoms with Crippen molar-refractivity contribution in [1.29, 1.82) is 0 Å². The van der Waals surface area contributed by atoms with Crippen LogP contribution in [0.5, 0.6) is 0 Å². The summed E-state index contributed by atoms with van der Waals surface area (Å²) in [7, 11) is -0.732. The fourth-order valence-corrected chi connectivity index (χ4v) is 3.32. The van der Waals surface area contributed by atoms with E-state index in [9.17, 15) is 13.8 Å². The van der Waals surface area contributed by atoms with Gasteiger partial charge in [-0.25, -0.2) is 4.79 Å². The third-order valence-corrected chi connectivity index (χ3v) is 4.70. The molecule has 3 N–H and O–H groups in total. The van der Waals surface area contributed by atoms with E-state index in [0.29, 0.717) is 18.1 Å². The second-order valence-electron chi connectivity index (χ2n) is 4.85. The number of urea groups is 1. The van der Waals surface area contributed by atoms with Gasteiger partial charge in [-0.1, -0.05) is 13.3 Å². The van der Waals surface area contributed by atoms with E-state index < -0.39 is 16.8 Å². The highest BCUT2D eigenvalue weighted by Crippen LogP contribution is 2.09. The van der Waals surface area contributed by atoms with Crippen LogP contribution in [-0.2, 0) is 15.6 Å². The predicted octanol–water partition coefficient (Wildman–Crippen LogP) is 0.698. The monoisotopic (exact) mass is 290 g/mol. The lowest BCUT2D eigenvalue weighted by Crippen LogP contribution is -2.46. The molecule has 1 rings (SSSR count). The highest BCUT2D eigenvalue weighted by molar-refractivity contribution is 7.85. The molecule has 1 heterocycles. The van der Waals surface area contributed by atoms with Crippen molar-refractivity contribution in [1.82, 2.24) is 10.6 Å². The van der Waals surface area contributed by atoms with Crippen molar-refractivity contribution in [3.63, 3.8) is 0 Å². The molecule has 0 aliphatic carbocycles. The molecule has 19 heavy (non-hydrogen) atoms. The van der Waals surface area contributed by atoms with E-state index in [1.165, 1.54) is 0 Å². The molecule has 0 spiro atoms. The first-order valence-corrected chi connectivity index (χ1v) is 8.11. The molecule has 2 amide bonds. The van der Waals surface area contributed by atoms with E-state index >= 15 is 0 Å². The number of nitrogens with one attached hydrogen (secondary N) is 2. The van der Waals surface area contributed by atoms with Gasteiger partial charge in [0.15, 0.2) is 0 Å². The van der Waals surface area contributed by atoms with Crippen LogP contribution >= 0.6 is 0 Å². The van der Waals surface area contributed by atoms with Crippen LogP contribution in [0.2, 0.25) is 0 Å². The number of carbonyl (C=O) groups excluding carboxylic acids is 1. The number of carbonyl (C=O) groups is 2. The molecule has 0 bridgehead atoms. The number of aliphatic carboxylic acids is 1. The normalized spacial score (nSPS) is 24.5. The SMILES string of the molecule is CCC(CNC(=O)NC1CCS(=O)CC1)CC(=O)O. The number of hydrogen-bond donors (Lipinski definition) is 3. The molecule has 0 aromatic heterocycles. The van der Waals surface area contributed by atoms with Gasteiger partial charge in [-0.2, -0.15) is 0 Å². The van der Waals surface area contributed by atoms with Gasteiger partial charge in [-0.3, -0.25) is 9.00 Å². The summed E-state index contributed by atoms with van der Waals surface area (Å²) in [5.74, 6) is 0.397. The number of carboxylic acid groups (broad SMARTS) is 1. The van der Waals surface area contributed by atoms with E-state index in [4.69, 9.17) is 5.11 Å². The first-order chi connectivity index (χ1) is 9.01. The molecule has 0 saturated carbocycles. The van der Waals surface area contributed by atoms with Gasteiger partial charge in [0.2, 0.25) is 0 Å². The van der Waals surface area contributed by atoms with Gasteiger partial charge < -0.3 is 15.7 Å². The maximum absolute atomic E-state index is 11.7. The Balaban J connectivity index is 2.23. The number of amides is 2. The average molecular weight is 290 g/mol. The minimum atomic E-state index is -0.844. The zero-order chi connectivity index (χ0) is 14.3. The van der Waals surface area contributed by atoms with Gasteiger partial charge in [-0.15, -0.1) is 0 Å². The summed E-state index contributed by atoms with van der Waals surface area (Å²) in [5, 5.41) is 14.3. The fraction of sp³-hybridized carbons (Fsp3) is 0.833. The summed E-state index contributed by atoms with van der Waals surface area (Å²) in [5.41, 5.74) is 0. The van der Waals surface area contributed by atoms with E-state index in [0.717, 1.165) is 19.3 Å². The average Bonchev–Trinajstić information content (AvgIpc) is 2.37. The molecule has 1 aliphatic heterocycles. The third kappa shape index (κ3) is 6.56. The standard InChI is InChI=1S/C12H22N2O4S/c1-2-9(7-11(15)16)8-13-12(17)14-10-3-5-19(18)6-4-10/h9-10H,2-8H2,1H3,(H,15,16)(H2,13,14,17). The Morgan fingerprint density at radius 3 is 2.53 bits per heavy atom. The summed E-state index contributed by atoms with van der Waals surface area (Å²) in [6.45, 7) is 2.27. The van der Waals surface area contributed by atoms with Crippen molar-refractivity contribution >= 4 is 22.8 Å². The summed E-state index contributed by atoms with van der Waals surface area (Å²) >= 11 is 0. The van der Waals surface area contributed by atoms with E-state index in [1.807, 2.05) is 6.92 Å². The van der Waals surface area contributed by atoms with Crippen LogP contribution in [0.1, 0.15) is 32.6 Å². The van der Waals surface area contributed by atoms with Gasteiger partial charge in [0, 0.05) is 41.3 Å². The quantitative estimate of drug-likeness (QED) is 0.671. The summed E-state index contributed by atoms with van der Waals surface area (Å²) in [6, 6.07) is -0.182. The molecule has 6 nitrogen and oxygen atoms in total. The minimum Gasteiger partial charge on any atom is -0.481 e. The van der Waals surface area contributed by atoms with Crippen molar-refractivity contribution in [2.45, 2.75) is 38.6 Å². The van der Waals surface area contributed by atoms with Crippen molar-refractivity contribution in [2.24, 2.45) is 5.92 Å². The number of carboxylic acids is 1. The Labute approximate surface area is 115 Å². The fourth-order valence-electron chi connectivity index (χ4n) is 2.02. The molecule has 1 saturated heterocycles. The lowest BCUT2D eigenvalue weighted by Gasteiger charge is -2.23. The zero-order valence-corrected chi connectivity index (χ0v) is 12.0. The first kappa shape index (κ1) is 15.9. The number of hydrogen-bond acceptors (Lipinski definition) is 3. The van der Waals surface area contributed by atoms with Crippen molar-refractivity contribution in [3.05, 3.63) is 0 Å². The Morgan fingerprint density at radius 2 is 2.00 bits per heavy atom. The number of rotatable bonds is 6. The van der Waals surface area contributed by atoms with Crippen LogP contribution in [-0.4, -0.2) is 45.4 Å². The predicted molar refractivity (Wildman–Crippen MR) is 73.5 cm³/mol. The molecule has 0 aromatic rings. The molecule has 1 atom stereocenters. The first-order valence-electron chi connectivity index (χ1n) is 6.62. The van der Waals surface area contributed by atoms with Crippen molar-refractivity contribution in [2.75, 3.05) is 18.1 Å². The second-order valence-corrected chi connectivity index (χ2v) is 6.54. The molecule has 7 heteroatoms.